The van der Waals surface area contributed by atoms with E-state index in [0.29, 0.717) is 25.6 Å². The Balaban J connectivity index is 1.97. The molecule has 0 bridgehead atoms. The number of nitrogens with one attached hydrogen (secondary N) is 2. The van der Waals surface area contributed by atoms with Crippen molar-refractivity contribution >= 4 is 23.8 Å². The number of fused-ring (bicyclic) bond motifs is 1. The van der Waals surface area contributed by atoms with Crippen molar-refractivity contribution in [1.29, 1.82) is 0 Å². The zero-order chi connectivity index (χ0) is 14.7. The standard InChI is InChI=1S/C12H15N3O5/c16-9(3-4-10(17)18)14-12(20)15-5-1-2-7-8(15)6-13-11(7)19/h3-4,7-8H,1-2,5-6H2,(H,13,19)(H,17,18)(H,14,16,20)/b4-3+. The van der Waals surface area contributed by atoms with Gasteiger partial charge in [0.25, 0.3) is 5.91 Å². The Kier molecular flexibility index (Phi) is 4.02. The number of piperidine rings is 1. The summed E-state index contributed by atoms with van der Waals surface area (Å²) in [5.41, 5.74) is 0. The van der Waals surface area contributed by atoms with Gasteiger partial charge in [-0.05, 0) is 12.8 Å². The predicted molar refractivity (Wildman–Crippen MR) is 66.5 cm³/mol. The van der Waals surface area contributed by atoms with E-state index in [1.807, 2.05) is 0 Å². The molecule has 2 fully saturated rings. The minimum atomic E-state index is -1.27. The van der Waals surface area contributed by atoms with Gasteiger partial charge in [0, 0.05) is 25.2 Å². The van der Waals surface area contributed by atoms with Crippen LogP contribution in [0.4, 0.5) is 4.79 Å². The lowest BCUT2D eigenvalue weighted by Crippen LogP contribution is -2.53. The van der Waals surface area contributed by atoms with Crippen LogP contribution in [0.3, 0.4) is 0 Å². The van der Waals surface area contributed by atoms with Crippen molar-refractivity contribution < 1.29 is 24.3 Å². The fourth-order valence-electron chi connectivity index (χ4n) is 2.57. The highest BCUT2D eigenvalue weighted by Gasteiger charge is 2.42. The zero-order valence-electron chi connectivity index (χ0n) is 10.7. The average molecular weight is 281 g/mol. The first-order valence-electron chi connectivity index (χ1n) is 6.29. The van der Waals surface area contributed by atoms with E-state index >= 15 is 0 Å². The Hall–Kier alpha value is -2.38. The predicted octanol–water partition coefficient (Wildman–Crippen LogP) is -0.926. The maximum atomic E-state index is 12.0. The molecule has 0 radical (unpaired) electrons. The van der Waals surface area contributed by atoms with Gasteiger partial charge < -0.3 is 15.3 Å². The van der Waals surface area contributed by atoms with Crippen LogP contribution in [0.15, 0.2) is 12.2 Å². The Morgan fingerprint density at radius 3 is 2.80 bits per heavy atom. The molecule has 0 aliphatic carbocycles. The summed E-state index contributed by atoms with van der Waals surface area (Å²) in [6, 6.07) is -0.844. The van der Waals surface area contributed by atoms with Gasteiger partial charge in [0.15, 0.2) is 0 Å². The topological polar surface area (TPSA) is 116 Å². The van der Waals surface area contributed by atoms with Crippen molar-refractivity contribution in [1.82, 2.24) is 15.5 Å². The van der Waals surface area contributed by atoms with Crippen LogP contribution in [0, 0.1) is 5.92 Å². The Labute approximate surface area is 114 Å². The number of hydrogen-bond acceptors (Lipinski definition) is 4. The van der Waals surface area contributed by atoms with Crippen molar-refractivity contribution in [3.8, 4) is 0 Å². The normalized spacial score (nSPS) is 25.2. The highest BCUT2D eigenvalue weighted by molar-refractivity contribution is 6.02. The van der Waals surface area contributed by atoms with E-state index in [-0.39, 0.29) is 17.9 Å². The molecule has 2 aliphatic heterocycles. The van der Waals surface area contributed by atoms with Crippen LogP contribution in [0.25, 0.3) is 0 Å². The number of imide groups is 1. The lowest BCUT2D eigenvalue weighted by atomic mass is 9.92. The molecule has 20 heavy (non-hydrogen) atoms. The van der Waals surface area contributed by atoms with Crippen LogP contribution < -0.4 is 10.6 Å². The summed E-state index contributed by atoms with van der Waals surface area (Å²) in [5, 5.41) is 13.2. The molecule has 8 nitrogen and oxygen atoms in total. The maximum Gasteiger partial charge on any atom is 0.328 e. The molecule has 2 saturated heterocycles. The third-order valence-corrected chi connectivity index (χ3v) is 3.47. The smallest absolute Gasteiger partial charge is 0.328 e. The summed E-state index contributed by atoms with van der Waals surface area (Å²) in [6.45, 7) is 0.855. The van der Waals surface area contributed by atoms with E-state index in [1.165, 1.54) is 4.90 Å². The summed E-state index contributed by atoms with van der Waals surface area (Å²) in [7, 11) is 0. The van der Waals surface area contributed by atoms with Gasteiger partial charge in [-0.1, -0.05) is 0 Å². The number of amides is 4. The van der Waals surface area contributed by atoms with Crippen molar-refractivity contribution in [3.05, 3.63) is 12.2 Å². The Morgan fingerprint density at radius 1 is 1.35 bits per heavy atom. The number of carboxylic acids is 1. The van der Waals surface area contributed by atoms with Crippen molar-refractivity contribution in [2.45, 2.75) is 18.9 Å². The van der Waals surface area contributed by atoms with Gasteiger partial charge in [-0.25, -0.2) is 9.59 Å². The number of carbonyl (C=O) groups is 4. The molecule has 2 aliphatic rings. The van der Waals surface area contributed by atoms with Crippen LogP contribution in [0.1, 0.15) is 12.8 Å². The molecule has 0 aromatic heterocycles. The van der Waals surface area contributed by atoms with Crippen molar-refractivity contribution in [2.75, 3.05) is 13.1 Å². The highest BCUT2D eigenvalue weighted by atomic mass is 16.4. The molecule has 0 saturated carbocycles. The van der Waals surface area contributed by atoms with E-state index < -0.39 is 17.9 Å². The monoisotopic (exact) mass is 281 g/mol. The van der Waals surface area contributed by atoms with Gasteiger partial charge in [-0.2, -0.15) is 0 Å². The van der Waals surface area contributed by atoms with E-state index in [2.05, 4.69) is 10.6 Å². The first kappa shape index (κ1) is 14.0. The Morgan fingerprint density at radius 2 is 2.10 bits per heavy atom. The molecule has 8 heteroatoms. The van der Waals surface area contributed by atoms with Crippen LogP contribution in [-0.4, -0.2) is 53.0 Å². The lowest BCUT2D eigenvalue weighted by Gasteiger charge is -2.35. The van der Waals surface area contributed by atoms with Gasteiger partial charge in [-0.15, -0.1) is 0 Å². The van der Waals surface area contributed by atoms with Gasteiger partial charge in [-0.3, -0.25) is 14.9 Å². The zero-order valence-corrected chi connectivity index (χ0v) is 10.7. The summed E-state index contributed by atoms with van der Waals surface area (Å²) >= 11 is 0. The van der Waals surface area contributed by atoms with Gasteiger partial charge in [0.05, 0.1) is 12.0 Å². The van der Waals surface area contributed by atoms with Crippen LogP contribution >= 0.6 is 0 Å². The molecule has 2 rings (SSSR count). The summed E-state index contributed by atoms with van der Waals surface area (Å²) in [4.78, 5) is 46.6. The summed E-state index contributed by atoms with van der Waals surface area (Å²) in [6.07, 6.45) is 2.86. The highest BCUT2D eigenvalue weighted by Crippen LogP contribution is 2.27. The molecule has 0 spiro atoms. The van der Waals surface area contributed by atoms with Gasteiger partial charge in [0.1, 0.15) is 0 Å². The number of hydrogen-bond donors (Lipinski definition) is 3. The lowest BCUT2D eigenvalue weighted by molar-refractivity contribution is -0.131. The van der Waals surface area contributed by atoms with E-state index in [9.17, 15) is 19.2 Å². The number of urea groups is 1. The number of rotatable bonds is 2. The molecular weight excluding hydrogens is 266 g/mol. The second kappa shape index (κ2) is 5.72. The number of carbonyl (C=O) groups excluding carboxylic acids is 3. The van der Waals surface area contributed by atoms with Crippen LogP contribution in [0.5, 0.6) is 0 Å². The van der Waals surface area contributed by atoms with Crippen LogP contribution in [0.2, 0.25) is 0 Å². The first-order valence-corrected chi connectivity index (χ1v) is 6.29. The Bertz CT molecular complexity index is 487. The summed E-state index contributed by atoms with van der Waals surface area (Å²) in [5.74, 6) is -2.35. The molecule has 4 amide bonds. The van der Waals surface area contributed by atoms with E-state index in [4.69, 9.17) is 5.11 Å². The quantitative estimate of drug-likeness (QED) is 0.566. The second-order valence-corrected chi connectivity index (χ2v) is 4.72. The second-order valence-electron chi connectivity index (χ2n) is 4.72. The summed E-state index contributed by atoms with van der Waals surface area (Å²) < 4.78 is 0. The molecule has 0 aromatic rings. The minimum absolute atomic E-state index is 0.0652. The number of likely N-dealkylation sites (tertiary alicyclic amines) is 1. The minimum Gasteiger partial charge on any atom is -0.478 e. The SMILES string of the molecule is O=C(O)/C=C/C(=O)NC(=O)N1CCCC2C(=O)NCC21. The number of carboxylic acid groups (broad SMARTS) is 1. The molecule has 3 N–H and O–H groups in total. The van der Waals surface area contributed by atoms with E-state index in [0.717, 1.165) is 12.5 Å². The molecule has 2 unspecified atom stereocenters. The number of aliphatic carboxylic acids is 1. The molecule has 108 valence electrons. The fourth-order valence-corrected chi connectivity index (χ4v) is 2.57. The molecule has 2 atom stereocenters. The third kappa shape index (κ3) is 2.95. The molecular formula is C12H15N3O5. The third-order valence-electron chi connectivity index (χ3n) is 3.47. The maximum absolute atomic E-state index is 12.0. The number of nitrogens with zero attached hydrogens (tertiary/aromatic N) is 1. The first-order chi connectivity index (χ1) is 9.49. The van der Waals surface area contributed by atoms with Crippen molar-refractivity contribution in [3.63, 3.8) is 0 Å². The van der Waals surface area contributed by atoms with Gasteiger partial charge in [0.2, 0.25) is 5.91 Å². The average Bonchev–Trinajstić information content (AvgIpc) is 2.78. The largest absolute Gasteiger partial charge is 0.478 e. The molecule has 0 aromatic carbocycles. The van der Waals surface area contributed by atoms with Crippen molar-refractivity contribution in [2.24, 2.45) is 5.92 Å². The van der Waals surface area contributed by atoms with E-state index in [1.54, 1.807) is 0 Å². The molecule has 2 heterocycles. The van der Waals surface area contributed by atoms with Crippen LogP contribution in [-0.2, 0) is 14.4 Å². The fraction of sp³-hybridized carbons (Fsp3) is 0.500. The van der Waals surface area contributed by atoms with Gasteiger partial charge >= 0.3 is 12.0 Å².